The van der Waals surface area contributed by atoms with E-state index in [1.165, 1.54) is 5.56 Å². The zero-order valence-electron chi connectivity index (χ0n) is 9.02. The van der Waals surface area contributed by atoms with E-state index in [0.29, 0.717) is 5.92 Å². The lowest BCUT2D eigenvalue weighted by atomic mass is 9.83. The Kier molecular flexibility index (Phi) is 3.21. The quantitative estimate of drug-likeness (QED) is 0.807. The Morgan fingerprint density at radius 3 is 3.00 bits per heavy atom. The van der Waals surface area contributed by atoms with Gasteiger partial charge in [-0.15, -0.1) is 0 Å². The topological polar surface area (TPSA) is 42.4 Å². The molecule has 1 aromatic rings. The summed E-state index contributed by atoms with van der Waals surface area (Å²) in [5, 5.41) is 9.62. The molecule has 0 bridgehead atoms. The molecule has 1 N–H and O–H groups in total. The largest absolute Gasteiger partial charge is 0.495 e. The second-order valence-corrected chi connectivity index (χ2v) is 4.18. The molecule has 0 aromatic carbocycles. The standard InChI is InChI=1S/C12H17NO2/c1-15-12-6-10(7-13-8-12)9-3-2-4-11(14)5-9/h6-9,11,14H,2-5H2,1H3. The van der Waals surface area contributed by atoms with Crippen LogP contribution < -0.4 is 4.74 Å². The zero-order valence-corrected chi connectivity index (χ0v) is 9.02. The number of rotatable bonds is 2. The minimum Gasteiger partial charge on any atom is -0.495 e. The molecule has 82 valence electrons. The van der Waals surface area contributed by atoms with Crippen molar-refractivity contribution in [3.63, 3.8) is 0 Å². The van der Waals surface area contributed by atoms with E-state index in [0.717, 1.165) is 31.4 Å². The molecule has 3 nitrogen and oxygen atoms in total. The van der Waals surface area contributed by atoms with Gasteiger partial charge in [0.1, 0.15) is 5.75 Å². The van der Waals surface area contributed by atoms with Crippen LogP contribution in [0.5, 0.6) is 5.75 Å². The van der Waals surface area contributed by atoms with E-state index < -0.39 is 0 Å². The molecule has 1 aliphatic carbocycles. The Bertz CT molecular complexity index is 327. The molecule has 0 aliphatic heterocycles. The van der Waals surface area contributed by atoms with Crippen molar-refractivity contribution in [3.05, 3.63) is 24.0 Å². The minimum absolute atomic E-state index is 0.144. The Balaban J connectivity index is 2.13. The van der Waals surface area contributed by atoms with Crippen molar-refractivity contribution in [2.24, 2.45) is 0 Å². The second-order valence-electron chi connectivity index (χ2n) is 4.18. The molecule has 2 rings (SSSR count). The summed E-state index contributed by atoms with van der Waals surface area (Å²) >= 11 is 0. The van der Waals surface area contributed by atoms with Crippen LogP contribution in [0.25, 0.3) is 0 Å². The number of aromatic nitrogens is 1. The van der Waals surface area contributed by atoms with E-state index in [9.17, 15) is 5.11 Å². The van der Waals surface area contributed by atoms with Crippen LogP contribution in [0, 0.1) is 0 Å². The number of aliphatic hydroxyl groups is 1. The minimum atomic E-state index is -0.144. The summed E-state index contributed by atoms with van der Waals surface area (Å²) in [6.45, 7) is 0. The molecule has 1 heterocycles. The van der Waals surface area contributed by atoms with Crippen molar-refractivity contribution in [2.75, 3.05) is 7.11 Å². The first-order valence-electron chi connectivity index (χ1n) is 5.46. The summed E-state index contributed by atoms with van der Waals surface area (Å²) in [7, 11) is 1.65. The summed E-state index contributed by atoms with van der Waals surface area (Å²) in [6, 6.07) is 2.02. The first kappa shape index (κ1) is 10.4. The molecule has 0 spiro atoms. The number of hydrogen-bond acceptors (Lipinski definition) is 3. The highest BCUT2D eigenvalue weighted by atomic mass is 16.5. The van der Waals surface area contributed by atoms with Gasteiger partial charge in [0.15, 0.2) is 0 Å². The number of hydrogen-bond donors (Lipinski definition) is 1. The van der Waals surface area contributed by atoms with Crippen molar-refractivity contribution in [3.8, 4) is 5.75 Å². The Morgan fingerprint density at radius 1 is 1.40 bits per heavy atom. The summed E-state index contributed by atoms with van der Waals surface area (Å²) < 4.78 is 5.15. The van der Waals surface area contributed by atoms with E-state index in [1.54, 1.807) is 13.3 Å². The van der Waals surface area contributed by atoms with Gasteiger partial charge in [-0.2, -0.15) is 0 Å². The number of aliphatic hydroxyl groups excluding tert-OH is 1. The van der Waals surface area contributed by atoms with E-state index >= 15 is 0 Å². The van der Waals surface area contributed by atoms with Crippen LogP contribution in [0.4, 0.5) is 0 Å². The van der Waals surface area contributed by atoms with E-state index in [1.807, 2.05) is 12.3 Å². The fraction of sp³-hybridized carbons (Fsp3) is 0.583. The van der Waals surface area contributed by atoms with Gasteiger partial charge in [-0.3, -0.25) is 4.98 Å². The Hall–Kier alpha value is -1.09. The summed E-state index contributed by atoms with van der Waals surface area (Å²) in [5.41, 5.74) is 1.19. The fourth-order valence-corrected chi connectivity index (χ4v) is 2.24. The monoisotopic (exact) mass is 207 g/mol. The Morgan fingerprint density at radius 2 is 2.27 bits per heavy atom. The van der Waals surface area contributed by atoms with Gasteiger partial charge in [0.2, 0.25) is 0 Å². The predicted molar refractivity (Wildman–Crippen MR) is 58.0 cm³/mol. The first-order valence-corrected chi connectivity index (χ1v) is 5.46. The van der Waals surface area contributed by atoms with Crippen LogP contribution in [0.3, 0.4) is 0 Å². The molecule has 15 heavy (non-hydrogen) atoms. The van der Waals surface area contributed by atoms with Crippen molar-refractivity contribution in [1.82, 2.24) is 4.98 Å². The lowest BCUT2D eigenvalue weighted by molar-refractivity contribution is 0.119. The first-order chi connectivity index (χ1) is 7.29. The molecular formula is C12H17NO2. The fourth-order valence-electron chi connectivity index (χ4n) is 2.24. The maximum Gasteiger partial charge on any atom is 0.137 e. The molecule has 0 radical (unpaired) electrons. The molecule has 1 saturated carbocycles. The second kappa shape index (κ2) is 4.62. The van der Waals surface area contributed by atoms with Gasteiger partial charge in [-0.1, -0.05) is 6.42 Å². The van der Waals surface area contributed by atoms with Crippen LogP contribution in [0.15, 0.2) is 18.5 Å². The highest BCUT2D eigenvalue weighted by Gasteiger charge is 2.21. The smallest absolute Gasteiger partial charge is 0.137 e. The van der Waals surface area contributed by atoms with Gasteiger partial charge in [0.05, 0.1) is 19.4 Å². The van der Waals surface area contributed by atoms with Crippen LogP contribution >= 0.6 is 0 Å². The van der Waals surface area contributed by atoms with Crippen molar-refractivity contribution in [1.29, 1.82) is 0 Å². The van der Waals surface area contributed by atoms with Crippen molar-refractivity contribution in [2.45, 2.75) is 37.7 Å². The average molecular weight is 207 g/mol. The SMILES string of the molecule is COc1cncc(C2CCCC(O)C2)c1. The van der Waals surface area contributed by atoms with Gasteiger partial charge in [-0.25, -0.2) is 0 Å². The molecule has 2 unspecified atom stereocenters. The van der Waals surface area contributed by atoms with Crippen LogP contribution in [0.1, 0.15) is 37.2 Å². The molecule has 2 atom stereocenters. The van der Waals surface area contributed by atoms with Gasteiger partial charge in [0, 0.05) is 6.20 Å². The van der Waals surface area contributed by atoms with Gasteiger partial charge in [-0.05, 0) is 36.8 Å². The summed E-state index contributed by atoms with van der Waals surface area (Å²) in [6.07, 6.45) is 7.49. The number of nitrogens with zero attached hydrogens (tertiary/aromatic N) is 1. The molecule has 0 saturated heterocycles. The predicted octanol–water partition coefficient (Wildman–Crippen LogP) is 2.11. The van der Waals surface area contributed by atoms with Crippen molar-refractivity contribution < 1.29 is 9.84 Å². The third-order valence-electron chi connectivity index (χ3n) is 3.09. The zero-order chi connectivity index (χ0) is 10.7. The van der Waals surface area contributed by atoms with Crippen LogP contribution in [0.2, 0.25) is 0 Å². The molecule has 0 amide bonds. The van der Waals surface area contributed by atoms with E-state index in [4.69, 9.17) is 4.74 Å². The molecular weight excluding hydrogens is 190 g/mol. The average Bonchev–Trinajstić information content (AvgIpc) is 2.29. The van der Waals surface area contributed by atoms with E-state index in [2.05, 4.69) is 4.98 Å². The van der Waals surface area contributed by atoms with Crippen LogP contribution in [-0.4, -0.2) is 23.3 Å². The van der Waals surface area contributed by atoms with Gasteiger partial charge >= 0.3 is 0 Å². The van der Waals surface area contributed by atoms with E-state index in [-0.39, 0.29) is 6.10 Å². The third-order valence-corrected chi connectivity index (χ3v) is 3.09. The molecule has 3 heteroatoms. The van der Waals surface area contributed by atoms with Crippen LogP contribution in [-0.2, 0) is 0 Å². The summed E-state index contributed by atoms with van der Waals surface area (Å²) in [5.74, 6) is 1.24. The highest BCUT2D eigenvalue weighted by Crippen LogP contribution is 2.33. The Labute approximate surface area is 90.1 Å². The van der Waals surface area contributed by atoms with Gasteiger partial charge < -0.3 is 9.84 Å². The highest BCUT2D eigenvalue weighted by molar-refractivity contribution is 5.26. The molecule has 1 fully saturated rings. The number of methoxy groups -OCH3 is 1. The lowest BCUT2D eigenvalue weighted by Gasteiger charge is -2.25. The third kappa shape index (κ3) is 2.48. The maximum atomic E-state index is 9.62. The summed E-state index contributed by atoms with van der Waals surface area (Å²) in [4.78, 5) is 4.15. The number of ether oxygens (including phenoxy) is 1. The lowest BCUT2D eigenvalue weighted by Crippen LogP contribution is -2.18. The van der Waals surface area contributed by atoms with Crippen molar-refractivity contribution >= 4 is 0 Å². The normalized spacial score (nSPS) is 26.3. The molecule has 1 aliphatic rings. The molecule has 1 aromatic heterocycles. The maximum absolute atomic E-state index is 9.62. The number of pyridine rings is 1. The van der Waals surface area contributed by atoms with Gasteiger partial charge in [0.25, 0.3) is 0 Å².